The number of hydrogen-bond donors (Lipinski definition) is 0. The Bertz CT molecular complexity index is 1460. The van der Waals surface area contributed by atoms with Crippen molar-refractivity contribution in [1.82, 2.24) is 0 Å². The monoisotopic (exact) mass is 891 g/mol. The summed E-state index contributed by atoms with van der Waals surface area (Å²) in [6.07, 6.45) is 42.2. The van der Waals surface area contributed by atoms with Crippen molar-refractivity contribution in [3.63, 3.8) is 0 Å². The fraction of sp³-hybridized carbons (Fsp3) is 0.714. The molecule has 0 bridgehead atoms. The third-order valence-corrected chi connectivity index (χ3v) is 12.1. The van der Waals surface area contributed by atoms with E-state index >= 15 is 0 Å². The summed E-state index contributed by atoms with van der Waals surface area (Å²) in [6.45, 7) is 5.52. The van der Waals surface area contributed by atoms with Gasteiger partial charge in [0.05, 0.1) is 13.2 Å². The highest BCUT2D eigenvalue weighted by molar-refractivity contribution is 5.72. The molecule has 0 heterocycles. The predicted octanol–water partition coefficient (Wildman–Crippen LogP) is 15.8. The van der Waals surface area contributed by atoms with Crippen molar-refractivity contribution in [2.24, 2.45) is 0 Å². The summed E-state index contributed by atoms with van der Waals surface area (Å²) in [5, 5.41) is 0. The van der Waals surface area contributed by atoms with Crippen molar-refractivity contribution in [3.05, 3.63) is 69.0 Å². The molecule has 362 valence electrons. The molecule has 2 aromatic carbocycles. The van der Waals surface area contributed by atoms with Crippen LogP contribution in [0.15, 0.2) is 58.1 Å². The SMILES string of the molecule is CCCCCCCCCCCCCCCCCC(=O)Oc1ccc(OCCCCCCOc2ccc(OC(=O)CCCCCCCCCCCCCCCCC)c(=O)cc2)ccc1=O. The van der Waals surface area contributed by atoms with Gasteiger partial charge < -0.3 is 18.9 Å². The van der Waals surface area contributed by atoms with Gasteiger partial charge in [-0.15, -0.1) is 0 Å². The van der Waals surface area contributed by atoms with Crippen LogP contribution in [-0.4, -0.2) is 25.2 Å². The molecule has 0 N–H and O–H groups in total. The second kappa shape index (κ2) is 40.8. The van der Waals surface area contributed by atoms with Gasteiger partial charge in [0.25, 0.3) is 0 Å². The minimum absolute atomic E-state index is 0.0297. The van der Waals surface area contributed by atoms with Crippen molar-refractivity contribution in [2.75, 3.05) is 13.2 Å². The van der Waals surface area contributed by atoms with Crippen LogP contribution >= 0.6 is 0 Å². The van der Waals surface area contributed by atoms with E-state index in [9.17, 15) is 19.2 Å². The zero-order valence-electron chi connectivity index (χ0n) is 40.8. The normalized spacial score (nSPS) is 11.1. The average molecular weight is 891 g/mol. The second-order valence-electron chi connectivity index (χ2n) is 18.1. The van der Waals surface area contributed by atoms with E-state index in [0.717, 1.165) is 64.2 Å². The zero-order chi connectivity index (χ0) is 46.0. The molecule has 0 aliphatic rings. The molecule has 0 radical (unpaired) electrons. The van der Waals surface area contributed by atoms with Gasteiger partial charge in [-0.25, -0.2) is 0 Å². The molecule has 0 saturated carbocycles. The molecule has 0 saturated heterocycles. The van der Waals surface area contributed by atoms with Crippen LogP contribution in [0.4, 0.5) is 0 Å². The summed E-state index contributed by atoms with van der Waals surface area (Å²) in [6, 6.07) is 12.4. The smallest absolute Gasteiger partial charge is 0.311 e. The Morgan fingerprint density at radius 1 is 0.328 bits per heavy atom. The highest BCUT2D eigenvalue weighted by atomic mass is 16.5. The molecule has 0 amide bonds. The summed E-state index contributed by atoms with van der Waals surface area (Å²) in [5.41, 5.74) is -0.693. The lowest BCUT2D eigenvalue weighted by atomic mass is 10.0. The Morgan fingerprint density at radius 3 is 0.875 bits per heavy atom. The second-order valence-corrected chi connectivity index (χ2v) is 18.1. The lowest BCUT2D eigenvalue weighted by Crippen LogP contribution is -2.12. The van der Waals surface area contributed by atoms with Crippen LogP contribution in [0, 0.1) is 0 Å². The van der Waals surface area contributed by atoms with E-state index in [-0.39, 0.29) is 34.3 Å². The van der Waals surface area contributed by atoms with Gasteiger partial charge in [-0.3, -0.25) is 19.2 Å². The maximum atomic E-state index is 12.5. The van der Waals surface area contributed by atoms with Crippen LogP contribution in [0.5, 0.6) is 23.0 Å². The van der Waals surface area contributed by atoms with E-state index in [1.807, 2.05) is 0 Å². The number of ether oxygens (including phenoxy) is 4. The lowest BCUT2D eigenvalue weighted by molar-refractivity contribution is -0.135. The van der Waals surface area contributed by atoms with Gasteiger partial charge in [0.1, 0.15) is 11.5 Å². The van der Waals surface area contributed by atoms with Crippen LogP contribution in [0.1, 0.15) is 245 Å². The zero-order valence-corrected chi connectivity index (χ0v) is 40.8. The molecule has 0 atom stereocenters. The van der Waals surface area contributed by atoms with Crippen molar-refractivity contribution >= 4 is 11.9 Å². The van der Waals surface area contributed by atoms with Gasteiger partial charge in [0.2, 0.25) is 10.9 Å². The molecule has 0 aromatic heterocycles. The largest absolute Gasteiger partial charge is 0.494 e. The molecule has 0 unspecified atom stereocenters. The van der Waals surface area contributed by atoms with E-state index in [2.05, 4.69) is 13.8 Å². The van der Waals surface area contributed by atoms with Crippen molar-refractivity contribution in [3.8, 4) is 23.0 Å². The number of rotatable bonds is 43. The summed E-state index contributed by atoms with van der Waals surface area (Å²) < 4.78 is 22.6. The van der Waals surface area contributed by atoms with Crippen molar-refractivity contribution in [1.29, 1.82) is 0 Å². The summed E-state index contributed by atoms with van der Waals surface area (Å²) in [4.78, 5) is 49.9. The first-order chi connectivity index (χ1) is 31.4. The standard InChI is InChI=1S/C56H90O8/c1-3-5-7-9-11-13-15-17-19-21-23-25-27-29-33-37-55(59)63-53-45-41-49(39-43-51(53)57)61-47-35-31-32-36-48-62-50-40-44-52(58)54(46-42-50)64-56(60)38-34-30-28-26-24-22-20-18-16-14-12-10-8-6-4-2/h39-46H,3-38,47-48H2,1-2H3. The van der Waals surface area contributed by atoms with Gasteiger partial charge in [-0.1, -0.05) is 194 Å². The highest BCUT2D eigenvalue weighted by Gasteiger charge is 2.10. The molecule has 2 rings (SSSR count). The molecule has 8 nitrogen and oxygen atoms in total. The Balaban J connectivity index is 1.48. The number of carbonyl (C=O) groups excluding carboxylic acids is 2. The number of unbranched alkanes of at least 4 members (excludes halogenated alkanes) is 31. The van der Waals surface area contributed by atoms with Gasteiger partial charge in [0, 0.05) is 12.8 Å². The highest BCUT2D eigenvalue weighted by Crippen LogP contribution is 2.18. The first-order valence-corrected chi connectivity index (χ1v) is 26.4. The number of esters is 2. The molecular weight excluding hydrogens is 801 g/mol. The fourth-order valence-corrected chi connectivity index (χ4v) is 8.00. The van der Waals surface area contributed by atoms with Crippen LogP contribution in [0.2, 0.25) is 0 Å². The maximum Gasteiger partial charge on any atom is 0.311 e. The fourth-order valence-electron chi connectivity index (χ4n) is 8.00. The van der Waals surface area contributed by atoms with E-state index in [4.69, 9.17) is 18.9 Å². The summed E-state index contributed by atoms with van der Waals surface area (Å²) in [5.74, 6) is 0.424. The Hall–Kier alpha value is -3.68. The minimum atomic E-state index is -0.369. The molecule has 2 aromatic rings. The van der Waals surface area contributed by atoms with E-state index in [1.54, 1.807) is 24.3 Å². The molecule has 0 aliphatic carbocycles. The molecule has 64 heavy (non-hydrogen) atoms. The number of carbonyl (C=O) groups is 2. The third-order valence-electron chi connectivity index (χ3n) is 12.1. The predicted molar refractivity (Wildman–Crippen MR) is 265 cm³/mol. The maximum absolute atomic E-state index is 12.5. The lowest BCUT2D eigenvalue weighted by Gasteiger charge is -2.06. The van der Waals surface area contributed by atoms with Gasteiger partial charge in [0.15, 0.2) is 11.5 Å². The average Bonchev–Trinajstić information content (AvgIpc) is 3.57. The number of hydrogen-bond acceptors (Lipinski definition) is 8. The van der Waals surface area contributed by atoms with E-state index < -0.39 is 0 Å². The summed E-state index contributed by atoms with van der Waals surface area (Å²) in [7, 11) is 0. The molecular formula is C56H90O8. The molecule has 0 spiro atoms. The van der Waals surface area contributed by atoms with E-state index in [0.29, 0.717) is 37.6 Å². The topological polar surface area (TPSA) is 105 Å². The minimum Gasteiger partial charge on any atom is -0.494 e. The molecule has 8 heteroatoms. The van der Waals surface area contributed by atoms with Crippen molar-refractivity contribution in [2.45, 2.75) is 245 Å². The van der Waals surface area contributed by atoms with Crippen LogP contribution in [0.25, 0.3) is 0 Å². The first-order valence-electron chi connectivity index (χ1n) is 26.4. The first kappa shape index (κ1) is 56.4. The Labute approximate surface area is 389 Å². The summed E-state index contributed by atoms with van der Waals surface area (Å²) >= 11 is 0. The Morgan fingerprint density at radius 2 is 0.578 bits per heavy atom. The van der Waals surface area contributed by atoms with Crippen LogP contribution in [0.3, 0.4) is 0 Å². The quantitative estimate of drug-likeness (QED) is 0.0479. The molecule has 0 aliphatic heterocycles. The van der Waals surface area contributed by atoms with Gasteiger partial charge >= 0.3 is 11.9 Å². The third kappa shape index (κ3) is 32.1. The van der Waals surface area contributed by atoms with Crippen LogP contribution < -0.4 is 29.8 Å². The molecule has 0 fully saturated rings. The van der Waals surface area contributed by atoms with Crippen molar-refractivity contribution < 1.29 is 28.5 Å². The van der Waals surface area contributed by atoms with Gasteiger partial charge in [-0.05, 0) is 87.1 Å². The van der Waals surface area contributed by atoms with Gasteiger partial charge in [-0.2, -0.15) is 0 Å². The van der Waals surface area contributed by atoms with E-state index in [1.165, 1.54) is 178 Å². The van der Waals surface area contributed by atoms with Crippen LogP contribution in [-0.2, 0) is 9.59 Å². The Kier molecular flexibility index (Phi) is 36.0.